The molecule has 29 heavy (non-hydrogen) atoms. The van der Waals surface area contributed by atoms with Crippen molar-refractivity contribution in [3.8, 4) is 0 Å². The molecule has 0 radical (unpaired) electrons. The third-order valence-electron chi connectivity index (χ3n) is 5.67. The lowest BCUT2D eigenvalue weighted by Gasteiger charge is -2.21. The molecule has 0 bridgehead atoms. The molecular formula is C21H27N7O. The summed E-state index contributed by atoms with van der Waals surface area (Å²) in [6.45, 7) is 6.50. The van der Waals surface area contributed by atoms with E-state index in [1.807, 2.05) is 31.8 Å². The Hall–Kier alpha value is -3.00. The van der Waals surface area contributed by atoms with Gasteiger partial charge in [-0.2, -0.15) is 0 Å². The first kappa shape index (κ1) is 19.3. The van der Waals surface area contributed by atoms with Crippen LogP contribution >= 0.6 is 0 Å². The van der Waals surface area contributed by atoms with E-state index in [1.165, 1.54) is 5.56 Å². The largest absolute Gasteiger partial charge is 0.355 e. The fraction of sp³-hybridized carbons (Fsp3) is 0.429. The molecule has 0 saturated carbocycles. The van der Waals surface area contributed by atoms with Crippen LogP contribution in [-0.4, -0.2) is 51.6 Å². The number of anilines is 1. The van der Waals surface area contributed by atoms with Gasteiger partial charge in [0.2, 0.25) is 5.82 Å². The normalized spacial score (nSPS) is 16.6. The number of nitrogens with zero attached hydrogens (tertiary/aromatic N) is 5. The van der Waals surface area contributed by atoms with Crippen molar-refractivity contribution in [3.63, 3.8) is 0 Å². The first-order valence-corrected chi connectivity index (χ1v) is 9.92. The highest BCUT2D eigenvalue weighted by Crippen LogP contribution is 2.24. The Labute approximate surface area is 170 Å². The second-order valence-corrected chi connectivity index (χ2v) is 7.65. The topological polar surface area (TPSA) is 88.0 Å². The van der Waals surface area contributed by atoms with Crippen molar-refractivity contribution < 1.29 is 4.79 Å². The number of rotatable bonds is 5. The summed E-state index contributed by atoms with van der Waals surface area (Å²) < 4.78 is 2.03. The maximum Gasteiger partial charge on any atom is 0.288 e. The summed E-state index contributed by atoms with van der Waals surface area (Å²) in [4.78, 5) is 27.5. The Morgan fingerprint density at radius 3 is 2.90 bits per heavy atom. The molecule has 4 rings (SSSR count). The van der Waals surface area contributed by atoms with E-state index >= 15 is 0 Å². The van der Waals surface area contributed by atoms with Gasteiger partial charge in [-0.1, -0.05) is 6.07 Å². The van der Waals surface area contributed by atoms with Gasteiger partial charge in [-0.15, -0.1) is 0 Å². The predicted octanol–water partition coefficient (Wildman–Crippen LogP) is 1.71. The summed E-state index contributed by atoms with van der Waals surface area (Å²) in [5.41, 5.74) is 5.26. The standard InChI is InChI=1S/C21H27N7O/c1-13-14(2)25-19(21(29)22-3)26-20(13)28-8-7-16(11-28)23-10-15-5-6-18-17(9-15)24-12-27(18)4/h5-6,9,12,16,23H,7-8,10-11H2,1-4H3,(H,22,29)/t16-/m1/s1. The van der Waals surface area contributed by atoms with Gasteiger partial charge in [-0.3, -0.25) is 4.79 Å². The summed E-state index contributed by atoms with van der Waals surface area (Å²) in [5.74, 6) is 0.828. The van der Waals surface area contributed by atoms with Gasteiger partial charge in [0, 0.05) is 51.0 Å². The van der Waals surface area contributed by atoms with E-state index in [9.17, 15) is 4.79 Å². The minimum Gasteiger partial charge on any atom is -0.355 e. The van der Waals surface area contributed by atoms with E-state index in [0.29, 0.717) is 6.04 Å². The fourth-order valence-corrected chi connectivity index (χ4v) is 3.81. The number of imidazole rings is 1. The minimum atomic E-state index is -0.256. The summed E-state index contributed by atoms with van der Waals surface area (Å²) >= 11 is 0. The average Bonchev–Trinajstić information content (AvgIpc) is 3.34. The summed E-state index contributed by atoms with van der Waals surface area (Å²) in [7, 11) is 3.60. The lowest BCUT2D eigenvalue weighted by atomic mass is 10.1. The molecule has 8 heteroatoms. The second kappa shape index (κ2) is 7.79. The van der Waals surface area contributed by atoms with E-state index in [4.69, 9.17) is 0 Å². The molecule has 1 saturated heterocycles. The van der Waals surface area contributed by atoms with Crippen LogP contribution in [0.3, 0.4) is 0 Å². The fourth-order valence-electron chi connectivity index (χ4n) is 3.81. The monoisotopic (exact) mass is 393 g/mol. The van der Waals surface area contributed by atoms with Crippen LogP contribution in [0, 0.1) is 13.8 Å². The highest BCUT2D eigenvalue weighted by molar-refractivity contribution is 5.90. The molecule has 0 aliphatic carbocycles. The van der Waals surface area contributed by atoms with Crippen molar-refractivity contribution in [2.24, 2.45) is 7.05 Å². The number of benzene rings is 1. The zero-order valence-corrected chi connectivity index (χ0v) is 17.4. The summed E-state index contributed by atoms with van der Waals surface area (Å²) in [6, 6.07) is 6.78. The van der Waals surface area contributed by atoms with Crippen LogP contribution in [0.2, 0.25) is 0 Å². The molecule has 0 unspecified atom stereocenters. The number of fused-ring (bicyclic) bond motifs is 1. The van der Waals surface area contributed by atoms with Crippen molar-refractivity contribution in [2.45, 2.75) is 32.9 Å². The van der Waals surface area contributed by atoms with Crippen molar-refractivity contribution in [3.05, 3.63) is 47.2 Å². The van der Waals surface area contributed by atoms with Gasteiger partial charge in [0.25, 0.3) is 5.91 Å². The molecule has 0 spiro atoms. The van der Waals surface area contributed by atoms with Crippen LogP contribution in [0.1, 0.15) is 33.9 Å². The van der Waals surface area contributed by atoms with Crippen LogP contribution in [0.4, 0.5) is 5.82 Å². The molecule has 1 aliphatic rings. The van der Waals surface area contributed by atoms with Gasteiger partial charge in [0.05, 0.1) is 17.4 Å². The maximum absolute atomic E-state index is 12.0. The number of aromatic nitrogens is 4. The van der Waals surface area contributed by atoms with E-state index in [1.54, 1.807) is 7.05 Å². The van der Waals surface area contributed by atoms with Crippen LogP contribution in [0.5, 0.6) is 0 Å². The Morgan fingerprint density at radius 1 is 1.28 bits per heavy atom. The van der Waals surface area contributed by atoms with E-state index in [-0.39, 0.29) is 11.7 Å². The highest BCUT2D eigenvalue weighted by atomic mass is 16.2. The lowest BCUT2D eigenvalue weighted by molar-refractivity contribution is 0.0952. The zero-order chi connectivity index (χ0) is 20.5. The average molecular weight is 393 g/mol. The van der Waals surface area contributed by atoms with Gasteiger partial charge >= 0.3 is 0 Å². The first-order chi connectivity index (χ1) is 14.0. The molecule has 2 aromatic heterocycles. The molecule has 3 aromatic rings. The molecule has 1 aromatic carbocycles. The van der Waals surface area contributed by atoms with Crippen LogP contribution < -0.4 is 15.5 Å². The number of nitrogens with one attached hydrogen (secondary N) is 2. The van der Waals surface area contributed by atoms with E-state index in [0.717, 1.165) is 54.2 Å². The van der Waals surface area contributed by atoms with Crippen molar-refractivity contribution in [2.75, 3.05) is 25.0 Å². The third kappa shape index (κ3) is 3.80. The predicted molar refractivity (Wildman–Crippen MR) is 113 cm³/mol. The zero-order valence-electron chi connectivity index (χ0n) is 17.4. The van der Waals surface area contributed by atoms with E-state index < -0.39 is 0 Å². The van der Waals surface area contributed by atoms with Gasteiger partial charge in [0.1, 0.15) is 5.82 Å². The van der Waals surface area contributed by atoms with E-state index in [2.05, 4.69) is 48.7 Å². The Bertz CT molecular complexity index is 1060. The van der Waals surface area contributed by atoms with Crippen molar-refractivity contribution >= 4 is 22.8 Å². The van der Waals surface area contributed by atoms with Gasteiger partial charge in [0.15, 0.2) is 0 Å². The third-order valence-corrected chi connectivity index (χ3v) is 5.67. The molecular weight excluding hydrogens is 366 g/mol. The van der Waals surface area contributed by atoms with Crippen molar-refractivity contribution in [1.29, 1.82) is 0 Å². The molecule has 1 atom stereocenters. The molecule has 1 amide bonds. The molecule has 1 fully saturated rings. The molecule has 8 nitrogen and oxygen atoms in total. The summed E-state index contributed by atoms with van der Waals surface area (Å²) in [5, 5.41) is 6.26. The molecule has 3 heterocycles. The van der Waals surface area contributed by atoms with Gasteiger partial charge in [-0.05, 0) is 38.0 Å². The quantitative estimate of drug-likeness (QED) is 0.686. The van der Waals surface area contributed by atoms with Crippen LogP contribution in [-0.2, 0) is 13.6 Å². The molecule has 1 aliphatic heterocycles. The highest BCUT2D eigenvalue weighted by Gasteiger charge is 2.26. The smallest absolute Gasteiger partial charge is 0.288 e. The number of hydrogen-bond donors (Lipinski definition) is 2. The second-order valence-electron chi connectivity index (χ2n) is 7.65. The SMILES string of the molecule is CNC(=O)c1nc(C)c(C)c(N2CC[C@@H](NCc3ccc4c(c3)ncn4C)C2)n1. The first-order valence-electron chi connectivity index (χ1n) is 9.92. The van der Waals surface area contributed by atoms with Gasteiger partial charge in [-0.25, -0.2) is 15.0 Å². The number of aryl methyl sites for hydroxylation is 2. The summed E-state index contributed by atoms with van der Waals surface area (Å²) in [6.07, 6.45) is 2.87. The Balaban J connectivity index is 1.43. The number of carbonyl (C=O) groups excluding carboxylic acids is 1. The maximum atomic E-state index is 12.0. The molecule has 152 valence electrons. The van der Waals surface area contributed by atoms with Crippen molar-refractivity contribution in [1.82, 2.24) is 30.2 Å². The van der Waals surface area contributed by atoms with Crippen LogP contribution in [0.25, 0.3) is 11.0 Å². The minimum absolute atomic E-state index is 0.227. The lowest BCUT2D eigenvalue weighted by Crippen LogP contribution is -2.33. The van der Waals surface area contributed by atoms with Gasteiger partial charge < -0.3 is 20.1 Å². The number of carbonyl (C=O) groups is 1. The number of hydrogen-bond acceptors (Lipinski definition) is 6. The Kier molecular flexibility index (Phi) is 5.19. The molecule has 2 N–H and O–H groups in total. The Morgan fingerprint density at radius 2 is 2.10 bits per heavy atom. The van der Waals surface area contributed by atoms with Crippen LogP contribution in [0.15, 0.2) is 24.5 Å². The number of amides is 1.